The third-order valence-electron chi connectivity index (χ3n) is 13.5. The minimum atomic E-state index is 0.745. The molecule has 3 rings (SSSR count). The summed E-state index contributed by atoms with van der Waals surface area (Å²) in [5.74, 6) is 3.82. The zero-order chi connectivity index (χ0) is 48.5. The van der Waals surface area contributed by atoms with E-state index in [4.69, 9.17) is 18.9 Å². The molecule has 4 nitrogen and oxygen atoms in total. The van der Waals surface area contributed by atoms with Crippen molar-refractivity contribution in [1.82, 2.24) is 0 Å². The van der Waals surface area contributed by atoms with Gasteiger partial charge in [0, 0.05) is 11.1 Å². The first-order chi connectivity index (χ1) is 33.5. The lowest BCUT2D eigenvalue weighted by Gasteiger charge is -2.15. The van der Waals surface area contributed by atoms with Gasteiger partial charge in [-0.2, -0.15) is 0 Å². The minimum Gasteiger partial charge on any atom is -0.493 e. The number of aryl methyl sites for hydroxylation is 2. The van der Waals surface area contributed by atoms with Gasteiger partial charge in [0.25, 0.3) is 0 Å². The van der Waals surface area contributed by atoms with Crippen LogP contribution in [0.3, 0.4) is 0 Å². The van der Waals surface area contributed by atoms with Crippen molar-refractivity contribution in [1.29, 1.82) is 0 Å². The summed E-state index contributed by atoms with van der Waals surface area (Å²) in [7, 11) is 0. The van der Waals surface area contributed by atoms with Crippen LogP contribution in [0.1, 0.15) is 267 Å². The van der Waals surface area contributed by atoms with Crippen LogP contribution in [0.5, 0.6) is 23.0 Å². The standard InChI is InChI=1S/C64H102O4/c1-7-11-15-19-23-27-31-35-47-65-61-53-59(63(51-55(61)5)67-49-37-33-29-25-21-17-13-9-3)45-43-57-39-41-58(42-40-57)44-46-60-54-62(66-48-36-32-28-24-20-16-12-8-2)56(6)52-64(60)68-50-38-34-30-26-22-18-14-10-4/h39-46,51-54H,7-38,47-50H2,1-6H3. The van der Waals surface area contributed by atoms with Gasteiger partial charge in [-0.15, -0.1) is 0 Å². The van der Waals surface area contributed by atoms with Gasteiger partial charge >= 0.3 is 0 Å². The molecule has 0 unspecified atom stereocenters. The van der Waals surface area contributed by atoms with Gasteiger partial charge in [0.05, 0.1) is 26.4 Å². The summed E-state index contributed by atoms with van der Waals surface area (Å²) in [6.45, 7) is 16.5. The van der Waals surface area contributed by atoms with E-state index in [1.54, 1.807) is 0 Å². The molecular weight excluding hydrogens is 833 g/mol. The highest BCUT2D eigenvalue weighted by molar-refractivity contribution is 5.77. The Morgan fingerprint density at radius 1 is 0.279 bits per heavy atom. The second-order valence-corrected chi connectivity index (χ2v) is 19.9. The van der Waals surface area contributed by atoms with Crippen LogP contribution in [0.4, 0.5) is 0 Å². The summed E-state index contributed by atoms with van der Waals surface area (Å²) >= 11 is 0. The third kappa shape index (κ3) is 27.5. The summed E-state index contributed by atoms with van der Waals surface area (Å²) in [5, 5.41) is 0. The van der Waals surface area contributed by atoms with E-state index in [-0.39, 0.29) is 0 Å². The van der Waals surface area contributed by atoms with E-state index in [1.165, 1.54) is 180 Å². The Hall–Kier alpha value is -3.66. The van der Waals surface area contributed by atoms with Gasteiger partial charge in [-0.05, 0) is 86.1 Å². The Morgan fingerprint density at radius 2 is 0.515 bits per heavy atom. The van der Waals surface area contributed by atoms with Crippen molar-refractivity contribution < 1.29 is 18.9 Å². The Labute approximate surface area is 419 Å². The van der Waals surface area contributed by atoms with E-state index in [2.05, 4.69) is 114 Å². The monoisotopic (exact) mass is 935 g/mol. The smallest absolute Gasteiger partial charge is 0.127 e. The molecular formula is C64H102O4. The van der Waals surface area contributed by atoms with Gasteiger partial charge in [0.2, 0.25) is 0 Å². The van der Waals surface area contributed by atoms with Crippen molar-refractivity contribution in [2.24, 2.45) is 0 Å². The van der Waals surface area contributed by atoms with Gasteiger partial charge in [-0.25, -0.2) is 0 Å². The first kappa shape index (κ1) is 58.7. The largest absolute Gasteiger partial charge is 0.493 e. The van der Waals surface area contributed by atoms with Gasteiger partial charge in [0.1, 0.15) is 23.0 Å². The molecule has 3 aromatic carbocycles. The fourth-order valence-corrected chi connectivity index (χ4v) is 8.94. The Bertz CT molecular complexity index is 1590. The topological polar surface area (TPSA) is 36.9 Å². The molecule has 0 aromatic heterocycles. The molecule has 0 saturated carbocycles. The average Bonchev–Trinajstić information content (AvgIpc) is 3.34. The molecule has 0 amide bonds. The molecule has 0 atom stereocenters. The number of benzene rings is 3. The van der Waals surface area contributed by atoms with E-state index in [9.17, 15) is 0 Å². The van der Waals surface area contributed by atoms with Crippen LogP contribution in [-0.2, 0) is 0 Å². The molecule has 0 aliphatic carbocycles. The van der Waals surface area contributed by atoms with Crippen LogP contribution >= 0.6 is 0 Å². The van der Waals surface area contributed by atoms with Crippen LogP contribution in [0.15, 0.2) is 48.5 Å². The van der Waals surface area contributed by atoms with Crippen LogP contribution in [-0.4, -0.2) is 26.4 Å². The minimum absolute atomic E-state index is 0.745. The molecule has 0 aliphatic heterocycles. The van der Waals surface area contributed by atoms with Crippen molar-refractivity contribution in [3.8, 4) is 23.0 Å². The molecule has 382 valence electrons. The maximum absolute atomic E-state index is 6.50. The fraction of sp³-hybridized carbons (Fsp3) is 0.656. The Morgan fingerprint density at radius 3 is 0.779 bits per heavy atom. The predicted molar refractivity (Wildman–Crippen MR) is 299 cm³/mol. The molecule has 0 radical (unpaired) electrons. The lowest BCUT2D eigenvalue weighted by molar-refractivity contribution is 0.294. The van der Waals surface area contributed by atoms with Gasteiger partial charge in [-0.3, -0.25) is 0 Å². The van der Waals surface area contributed by atoms with Crippen LogP contribution in [0, 0.1) is 13.8 Å². The number of rotatable bonds is 44. The molecule has 68 heavy (non-hydrogen) atoms. The summed E-state index contributed by atoms with van der Waals surface area (Å²) in [4.78, 5) is 0. The van der Waals surface area contributed by atoms with Crippen molar-refractivity contribution in [3.63, 3.8) is 0 Å². The number of hydrogen-bond donors (Lipinski definition) is 0. The zero-order valence-electron chi connectivity index (χ0n) is 45.0. The highest BCUT2D eigenvalue weighted by atomic mass is 16.5. The van der Waals surface area contributed by atoms with Gasteiger partial charge in [0.15, 0.2) is 0 Å². The summed E-state index contributed by atoms with van der Waals surface area (Å²) in [5.41, 5.74) is 6.73. The quantitative estimate of drug-likeness (QED) is 0.0418. The molecule has 0 N–H and O–H groups in total. The number of ether oxygens (including phenoxy) is 4. The van der Waals surface area contributed by atoms with E-state index in [0.29, 0.717) is 0 Å². The highest BCUT2D eigenvalue weighted by Crippen LogP contribution is 2.33. The summed E-state index contributed by atoms with van der Waals surface area (Å²) in [6.07, 6.45) is 50.2. The van der Waals surface area contributed by atoms with Crippen LogP contribution < -0.4 is 18.9 Å². The second-order valence-electron chi connectivity index (χ2n) is 19.9. The lowest BCUT2D eigenvalue weighted by atomic mass is 10.1. The predicted octanol–water partition coefficient (Wildman–Crippen LogP) is 20.7. The summed E-state index contributed by atoms with van der Waals surface area (Å²) < 4.78 is 25.8. The van der Waals surface area contributed by atoms with E-state index < -0.39 is 0 Å². The summed E-state index contributed by atoms with van der Waals surface area (Å²) in [6, 6.07) is 17.6. The molecule has 0 bridgehead atoms. The SMILES string of the molecule is CCCCCCCCCCOc1cc(C=Cc2ccc(C=Cc3cc(OCCCCCCCCCC)c(C)cc3OCCCCCCCCCC)cc2)c(OCCCCCCCCCC)cc1C. The Balaban J connectivity index is 1.69. The average molecular weight is 936 g/mol. The van der Waals surface area contributed by atoms with E-state index >= 15 is 0 Å². The maximum Gasteiger partial charge on any atom is 0.127 e. The number of unbranched alkanes of at least 4 members (excludes halogenated alkanes) is 28. The third-order valence-corrected chi connectivity index (χ3v) is 13.5. The molecule has 0 aliphatic rings. The first-order valence-electron chi connectivity index (χ1n) is 28.8. The van der Waals surface area contributed by atoms with Gasteiger partial charge < -0.3 is 18.9 Å². The molecule has 3 aromatic rings. The molecule has 0 heterocycles. The Kier molecular flexibility index (Phi) is 34.6. The van der Waals surface area contributed by atoms with Gasteiger partial charge in [-0.1, -0.05) is 256 Å². The molecule has 4 heteroatoms. The van der Waals surface area contributed by atoms with Crippen LogP contribution in [0.2, 0.25) is 0 Å². The van der Waals surface area contributed by atoms with Crippen molar-refractivity contribution in [2.45, 2.75) is 247 Å². The molecule has 0 spiro atoms. The molecule has 0 saturated heterocycles. The van der Waals surface area contributed by atoms with Crippen LogP contribution in [0.25, 0.3) is 24.3 Å². The van der Waals surface area contributed by atoms with Crippen molar-refractivity contribution in [2.75, 3.05) is 26.4 Å². The molecule has 0 fully saturated rings. The fourth-order valence-electron chi connectivity index (χ4n) is 8.94. The normalized spacial score (nSPS) is 11.6. The second kappa shape index (κ2) is 40.1. The van der Waals surface area contributed by atoms with E-state index in [0.717, 1.165) is 108 Å². The highest BCUT2D eigenvalue weighted by Gasteiger charge is 2.11. The van der Waals surface area contributed by atoms with Crippen molar-refractivity contribution >= 4 is 24.3 Å². The first-order valence-corrected chi connectivity index (χ1v) is 28.8. The lowest BCUT2D eigenvalue weighted by Crippen LogP contribution is -2.03. The zero-order valence-corrected chi connectivity index (χ0v) is 45.0. The number of hydrogen-bond acceptors (Lipinski definition) is 4. The maximum atomic E-state index is 6.50. The van der Waals surface area contributed by atoms with Crippen molar-refractivity contribution in [3.05, 3.63) is 81.9 Å². The van der Waals surface area contributed by atoms with E-state index in [1.807, 2.05) is 0 Å².